The summed E-state index contributed by atoms with van der Waals surface area (Å²) in [5, 5.41) is 8.90. The van der Waals surface area contributed by atoms with E-state index in [-0.39, 0.29) is 12.5 Å². The van der Waals surface area contributed by atoms with Gasteiger partial charge >= 0.3 is 0 Å². The maximum absolute atomic E-state index is 12.7. The van der Waals surface area contributed by atoms with E-state index in [4.69, 9.17) is 10.00 Å². The Morgan fingerprint density at radius 3 is 2.32 bits per heavy atom. The highest BCUT2D eigenvalue weighted by Crippen LogP contribution is 2.35. The molecule has 0 aromatic heterocycles. The van der Waals surface area contributed by atoms with E-state index in [1.807, 2.05) is 48.5 Å². The first-order chi connectivity index (χ1) is 13.7. The van der Waals surface area contributed by atoms with Crippen molar-refractivity contribution in [1.82, 2.24) is 4.90 Å². The molecule has 4 nitrogen and oxygen atoms in total. The van der Waals surface area contributed by atoms with Crippen LogP contribution in [0.25, 0.3) is 11.1 Å². The summed E-state index contributed by atoms with van der Waals surface area (Å²) in [6.45, 7) is 0.987. The number of hydrogen-bond acceptors (Lipinski definition) is 3. The van der Waals surface area contributed by atoms with Crippen LogP contribution in [-0.2, 0) is 4.79 Å². The van der Waals surface area contributed by atoms with E-state index in [0.717, 1.165) is 30.5 Å². The summed E-state index contributed by atoms with van der Waals surface area (Å²) in [6.07, 6.45) is 7.36. The smallest absolute Gasteiger partial charge is 0.260 e. The number of nitriles is 1. The number of carbonyl (C=O) groups excluding carboxylic acids is 1. The van der Waals surface area contributed by atoms with E-state index in [1.54, 1.807) is 0 Å². The van der Waals surface area contributed by atoms with Crippen molar-refractivity contribution in [3.63, 3.8) is 0 Å². The molecule has 4 heteroatoms. The highest BCUT2D eigenvalue weighted by Gasteiger charge is 2.35. The van der Waals surface area contributed by atoms with Crippen LogP contribution in [0.1, 0.15) is 44.1 Å². The fraction of sp³-hybridized carbons (Fsp3) is 0.417. The molecule has 2 aromatic carbocycles. The van der Waals surface area contributed by atoms with Crippen LogP contribution in [0.3, 0.4) is 0 Å². The zero-order valence-corrected chi connectivity index (χ0v) is 16.1. The molecule has 1 saturated carbocycles. The molecule has 1 heterocycles. The molecular weight excluding hydrogens is 348 g/mol. The number of likely N-dealkylation sites (tertiary alicyclic amines) is 1. The molecule has 1 aliphatic heterocycles. The maximum atomic E-state index is 12.7. The molecule has 0 radical (unpaired) electrons. The number of benzene rings is 2. The summed E-state index contributed by atoms with van der Waals surface area (Å²) in [7, 11) is 0. The van der Waals surface area contributed by atoms with Crippen molar-refractivity contribution in [2.45, 2.75) is 44.6 Å². The number of fused-ring (bicyclic) bond motifs is 1. The van der Waals surface area contributed by atoms with E-state index in [2.05, 4.69) is 11.0 Å². The van der Waals surface area contributed by atoms with Crippen molar-refractivity contribution in [2.75, 3.05) is 13.2 Å². The first-order valence-electron chi connectivity index (χ1n) is 10.3. The molecule has 0 unspecified atom stereocenters. The Labute approximate surface area is 166 Å². The summed E-state index contributed by atoms with van der Waals surface area (Å²) in [5.74, 6) is 1.52. The number of ether oxygens (including phenoxy) is 1. The van der Waals surface area contributed by atoms with Gasteiger partial charge in [-0.15, -0.1) is 0 Å². The summed E-state index contributed by atoms with van der Waals surface area (Å²) in [5.41, 5.74) is 2.77. The van der Waals surface area contributed by atoms with Gasteiger partial charge in [0.15, 0.2) is 6.61 Å². The second-order valence-corrected chi connectivity index (χ2v) is 7.84. The molecule has 144 valence electrons. The van der Waals surface area contributed by atoms with Crippen LogP contribution < -0.4 is 4.74 Å². The summed E-state index contributed by atoms with van der Waals surface area (Å²) in [4.78, 5) is 14.8. The third-order valence-electron chi connectivity index (χ3n) is 6.13. The van der Waals surface area contributed by atoms with Crippen LogP contribution in [0.2, 0.25) is 0 Å². The Morgan fingerprint density at radius 2 is 1.61 bits per heavy atom. The van der Waals surface area contributed by atoms with Gasteiger partial charge in [0.2, 0.25) is 0 Å². The molecule has 1 saturated heterocycles. The minimum atomic E-state index is 0.111. The predicted molar refractivity (Wildman–Crippen MR) is 109 cm³/mol. The lowest BCUT2D eigenvalue weighted by atomic mass is 9.78. The average molecular weight is 374 g/mol. The van der Waals surface area contributed by atoms with Crippen LogP contribution >= 0.6 is 0 Å². The molecule has 1 amide bonds. The molecule has 2 aromatic rings. The number of amides is 1. The van der Waals surface area contributed by atoms with E-state index >= 15 is 0 Å². The van der Waals surface area contributed by atoms with Gasteiger partial charge in [0.25, 0.3) is 5.91 Å². The van der Waals surface area contributed by atoms with Crippen LogP contribution in [0.4, 0.5) is 0 Å². The van der Waals surface area contributed by atoms with Crippen LogP contribution in [0, 0.1) is 17.2 Å². The van der Waals surface area contributed by atoms with Gasteiger partial charge in [0, 0.05) is 12.6 Å². The van der Waals surface area contributed by atoms with Crippen molar-refractivity contribution in [3.8, 4) is 22.9 Å². The van der Waals surface area contributed by atoms with Crippen molar-refractivity contribution in [3.05, 3.63) is 54.1 Å². The van der Waals surface area contributed by atoms with Gasteiger partial charge < -0.3 is 9.64 Å². The third-order valence-corrected chi connectivity index (χ3v) is 6.13. The maximum Gasteiger partial charge on any atom is 0.260 e. The average Bonchev–Trinajstić information content (AvgIpc) is 2.77. The third kappa shape index (κ3) is 4.04. The Kier molecular flexibility index (Phi) is 5.62. The number of hydrogen-bond donors (Lipinski definition) is 0. The van der Waals surface area contributed by atoms with E-state index in [1.165, 1.54) is 25.7 Å². The number of rotatable bonds is 4. The molecule has 28 heavy (non-hydrogen) atoms. The normalized spacial score (nSPS) is 21.5. The first-order valence-corrected chi connectivity index (χ1v) is 10.3. The van der Waals surface area contributed by atoms with Crippen LogP contribution in [-0.4, -0.2) is 30.0 Å². The molecule has 0 N–H and O–H groups in total. The van der Waals surface area contributed by atoms with Gasteiger partial charge in [-0.1, -0.05) is 37.1 Å². The van der Waals surface area contributed by atoms with Gasteiger partial charge in [-0.05, 0) is 67.0 Å². The fourth-order valence-electron chi connectivity index (χ4n) is 4.64. The van der Waals surface area contributed by atoms with E-state index in [0.29, 0.717) is 23.3 Å². The minimum Gasteiger partial charge on any atom is -0.484 e. The Bertz CT molecular complexity index is 850. The van der Waals surface area contributed by atoms with Crippen molar-refractivity contribution < 1.29 is 9.53 Å². The van der Waals surface area contributed by atoms with Gasteiger partial charge in [-0.2, -0.15) is 5.26 Å². The number of piperidine rings is 1. The largest absolute Gasteiger partial charge is 0.484 e. The zero-order valence-electron chi connectivity index (χ0n) is 16.1. The van der Waals surface area contributed by atoms with Crippen molar-refractivity contribution in [2.24, 2.45) is 5.92 Å². The molecule has 1 aliphatic carbocycles. The lowest BCUT2D eigenvalue weighted by Gasteiger charge is -2.44. The van der Waals surface area contributed by atoms with Crippen LogP contribution in [0.15, 0.2) is 48.5 Å². The second-order valence-electron chi connectivity index (χ2n) is 7.84. The van der Waals surface area contributed by atoms with Gasteiger partial charge in [-0.3, -0.25) is 4.79 Å². The highest BCUT2D eigenvalue weighted by molar-refractivity contribution is 5.78. The van der Waals surface area contributed by atoms with Crippen molar-refractivity contribution >= 4 is 5.91 Å². The van der Waals surface area contributed by atoms with Gasteiger partial charge in [-0.25, -0.2) is 0 Å². The SMILES string of the molecule is N#Cc1ccc(-c2ccc(OCC(=O)N3CCC[C@@H]4CCCC[C@H]43)cc2)cc1. The number of carbonyl (C=O) groups is 1. The van der Waals surface area contributed by atoms with Crippen molar-refractivity contribution in [1.29, 1.82) is 5.26 Å². The molecule has 2 aliphatic rings. The van der Waals surface area contributed by atoms with Gasteiger partial charge in [0.1, 0.15) is 5.75 Å². The van der Waals surface area contributed by atoms with E-state index < -0.39 is 0 Å². The zero-order chi connectivity index (χ0) is 19.3. The monoisotopic (exact) mass is 374 g/mol. The molecule has 2 atom stereocenters. The molecule has 0 bridgehead atoms. The van der Waals surface area contributed by atoms with Gasteiger partial charge in [0.05, 0.1) is 11.6 Å². The predicted octanol–water partition coefficient (Wildman–Crippen LogP) is 4.79. The molecule has 4 rings (SSSR count). The standard InChI is InChI=1S/C24H26N2O2/c25-16-18-7-9-19(10-8-18)20-11-13-22(14-12-20)28-17-24(27)26-15-3-5-21-4-1-2-6-23(21)26/h7-14,21,23H,1-6,15,17H2/t21-,23+/m0/s1. The number of nitrogens with zero attached hydrogens (tertiary/aromatic N) is 2. The Hall–Kier alpha value is -2.80. The fourth-order valence-corrected chi connectivity index (χ4v) is 4.64. The second kappa shape index (κ2) is 8.48. The highest BCUT2D eigenvalue weighted by atomic mass is 16.5. The van der Waals surface area contributed by atoms with E-state index in [9.17, 15) is 4.79 Å². The molecule has 0 spiro atoms. The Balaban J connectivity index is 1.35. The molecular formula is C24H26N2O2. The summed E-state index contributed by atoms with van der Waals surface area (Å²) >= 11 is 0. The lowest BCUT2D eigenvalue weighted by Crippen LogP contribution is -2.51. The molecule has 2 fully saturated rings. The Morgan fingerprint density at radius 1 is 0.964 bits per heavy atom. The minimum absolute atomic E-state index is 0.111. The quantitative estimate of drug-likeness (QED) is 0.773. The summed E-state index contributed by atoms with van der Waals surface area (Å²) < 4.78 is 5.79. The first kappa shape index (κ1) is 18.6. The topological polar surface area (TPSA) is 53.3 Å². The lowest BCUT2D eigenvalue weighted by molar-refractivity contribution is -0.139. The summed E-state index contributed by atoms with van der Waals surface area (Å²) in [6, 6.07) is 17.8. The van der Waals surface area contributed by atoms with Crippen LogP contribution in [0.5, 0.6) is 5.75 Å².